The number of anilines is 2. The van der Waals surface area contributed by atoms with Crippen molar-refractivity contribution in [3.8, 4) is 0 Å². The minimum atomic E-state index is -3.72. The Kier molecular flexibility index (Phi) is 10.6. The number of benzene rings is 3. The summed E-state index contributed by atoms with van der Waals surface area (Å²) in [6, 6.07) is 20.6. The maximum absolute atomic E-state index is 13.9. The molecule has 1 spiro atoms. The molecule has 50 heavy (non-hydrogen) atoms. The molecule has 2 amide bonds. The van der Waals surface area contributed by atoms with Gasteiger partial charge in [0.2, 0.25) is 0 Å². The number of carbonyl (C=O) groups excluding carboxylic acids is 1. The summed E-state index contributed by atoms with van der Waals surface area (Å²) in [6.45, 7) is 1.58. The zero-order valence-corrected chi connectivity index (χ0v) is 29.3. The van der Waals surface area contributed by atoms with Gasteiger partial charge in [0, 0.05) is 36.8 Å². The quantitative estimate of drug-likeness (QED) is 0.194. The van der Waals surface area contributed by atoms with Crippen LogP contribution in [0.3, 0.4) is 0 Å². The number of fused-ring (bicyclic) bond motifs is 1. The monoisotopic (exact) mass is 709 g/mol. The van der Waals surface area contributed by atoms with Gasteiger partial charge in [-0.2, -0.15) is 0 Å². The fourth-order valence-electron chi connectivity index (χ4n) is 7.78. The third kappa shape index (κ3) is 7.13. The van der Waals surface area contributed by atoms with Gasteiger partial charge in [-0.15, -0.1) is 0 Å². The molecule has 6 rings (SSSR count). The lowest BCUT2D eigenvalue weighted by Gasteiger charge is -2.51. The van der Waals surface area contributed by atoms with Crippen LogP contribution in [-0.4, -0.2) is 98.1 Å². The molecule has 270 valence electrons. The maximum atomic E-state index is 13.9. The first kappa shape index (κ1) is 36.2. The molecule has 6 N–H and O–H groups in total. The number of amides is 2. The molecule has 0 unspecified atom stereocenters. The molecule has 3 aromatic carbocycles. The smallest absolute Gasteiger partial charge is 0.321 e. The molecule has 2 aliphatic heterocycles. The van der Waals surface area contributed by atoms with Crippen LogP contribution in [0.15, 0.2) is 77.7 Å². The molecule has 1 saturated carbocycles. The number of hydrogen-bond acceptors (Lipinski definition) is 10. The Balaban J connectivity index is 1.25. The molecule has 1 saturated heterocycles. The van der Waals surface area contributed by atoms with E-state index in [1.807, 2.05) is 61.5 Å². The van der Waals surface area contributed by atoms with Gasteiger partial charge in [0.05, 0.1) is 30.0 Å². The minimum Gasteiger partial charge on any atom is -0.394 e. The standard InChI is InChI=1S/C37H47N3O9S/c1-4-22-17-37(18-22)21-50(46,47)29-14-13-26(40(2)3)16-27(29)30(34(37)44)24-11-8-12-25(15-24)38-36(45)39-35-32(43)33(31(42)28(19-41)49-35)48-20-23-9-6-5-7-10-23/h5-16,22,28,30-35,41-44H,4,17-21H2,1-3H3,(H2,38,39,45)/t22?,28-,30+,31-,32-,33+,34+,35-,37?/m1/s1. The fraction of sp³-hybridized carbons (Fsp3) is 0.486. The van der Waals surface area contributed by atoms with E-state index in [0.717, 1.165) is 17.7 Å². The molecular weight excluding hydrogens is 662 g/mol. The second-order valence-electron chi connectivity index (χ2n) is 14.1. The van der Waals surface area contributed by atoms with Gasteiger partial charge in [-0.3, -0.25) is 0 Å². The summed E-state index contributed by atoms with van der Waals surface area (Å²) in [7, 11) is 0.0170. The maximum Gasteiger partial charge on any atom is 0.321 e. The molecule has 3 aromatic rings. The highest BCUT2D eigenvalue weighted by Crippen LogP contribution is 2.57. The van der Waals surface area contributed by atoms with Crippen molar-refractivity contribution in [3.05, 3.63) is 89.5 Å². The lowest BCUT2D eigenvalue weighted by molar-refractivity contribution is -0.247. The van der Waals surface area contributed by atoms with Crippen LogP contribution in [0.1, 0.15) is 48.8 Å². The van der Waals surface area contributed by atoms with Crippen molar-refractivity contribution in [1.29, 1.82) is 0 Å². The second kappa shape index (κ2) is 14.6. The lowest BCUT2D eigenvalue weighted by Crippen LogP contribution is -2.64. The van der Waals surface area contributed by atoms with E-state index in [4.69, 9.17) is 9.47 Å². The first-order valence-corrected chi connectivity index (χ1v) is 18.7. The van der Waals surface area contributed by atoms with Crippen LogP contribution in [0.5, 0.6) is 0 Å². The summed E-state index contributed by atoms with van der Waals surface area (Å²) in [6.07, 6.45) is -5.31. The van der Waals surface area contributed by atoms with Crippen LogP contribution < -0.4 is 15.5 Å². The third-order valence-electron chi connectivity index (χ3n) is 10.5. The molecule has 1 aliphatic carbocycles. The molecular formula is C37H47N3O9S. The van der Waals surface area contributed by atoms with Crippen molar-refractivity contribution >= 4 is 27.2 Å². The number of nitrogens with one attached hydrogen (secondary N) is 2. The predicted molar refractivity (Wildman–Crippen MR) is 187 cm³/mol. The zero-order chi connectivity index (χ0) is 35.8. The number of urea groups is 1. The van der Waals surface area contributed by atoms with E-state index in [2.05, 4.69) is 17.6 Å². The van der Waals surface area contributed by atoms with Crippen molar-refractivity contribution in [2.75, 3.05) is 36.7 Å². The SMILES string of the molecule is CCC1CC2(C1)CS(=O)(=O)c1ccc(N(C)C)cc1[C@H](c1cccc(NC(=O)N[C@@H]3O[C@H](CO)[C@@H](O)[C@H](OCc4ccccc4)[C@H]3O)c1)[C@@H]2O. The highest BCUT2D eigenvalue weighted by atomic mass is 32.2. The minimum absolute atomic E-state index is 0.0807. The molecule has 0 aromatic heterocycles. The van der Waals surface area contributed by atoms with Gasteiger partial charge in [-0.05, 0) is 65.8 Å². The molecule has 13 heteroatoms. The summed E-state index contributed by atoms with van der Waals surface area (Å²) in [5.74, 6) is -0.489. The first-order valence-electron chi connectivity index (χ1n) is 17.0. The number of ether oxygens (including phenoxy) is 2. The van der Waals surface area contributed by atoms with E-state index in [1.165, 1.54) is 0 Å². The summed E-state index contributed by atoms with van der Waals surface area (Å²) >= 11 is 0. The Hall–Kier alpha value is -3.56. The summed E-state index contributed by atoms with van der Waals surface area (Å²) < 4.78 is 39.2. The molecule has 3 aliphatic rings. The van der Waals surface area contributed by atoms with E-state index in [0.29, 0.717) is 35.6 Å². The van der Waals surface area contributed by atoms with Crippen molar-refractivity contribution in [1.82, 2.24) is 5.32 Å². The van der Waals surface area contributed by atoms with Gasteiger partial charge in [-0.1, -0.05) is 55.8 Å². The molecule has 12 nitrogen and oxygen atoms in total. The Morgan fingerprint density at radius 2 is 1.74 bits per heavy atom. The highest BCUT2D eigenvalue weighted by molar-refractivity contribution is 7.91. The van der Waals surface area contributed by atoms with E-state index in [9.17, 15) is 33.6 Å². The van der Waals surface area contributed by atoms with E-state index < -0.39 is 70.6 Å². The van der Waals surface area contributed by atoms with Crippen LogP contribution in [0.25, 0.3) is 0 Å². The Morgan fingerprint density at radius 3 is 2.42 bits per heavy atom. The Bertz CT molecular complexity index is 1770. The van der Waals surface area contributed by atoms with Crippen LogP contribution in [0, 0.1) is 11.3 Å². The van der Waals surface area contributed by atoms with Gasteiger partial charge in [0.15, 0.2) is 16.1 Å². The summed E-state index contributed by atoms with van der Waals surface area (Å²) in [5.41, 5.74) is 2.31. The lowest BCUT2D eigenvalue weighted by atomic mass is 9.56. The average molecular weight is 710 g/mol. The van der Waals surface area contributed by atoms with Crippen molar-refractivity contribution < 1.29 is 43.1 Å². The Labute approximate surface area is 293 Å². The first-order chi connectivity index (χ1) is 23.9. The number of aliphatic hydroxyl groups excluding tert-OH is 4. The molecule has 0 radical (unpaired) electrons. The molecule has 2 heterocycles. The normalized spacial score (nSPS) is 31.6. The van der Waals surface area contributed by atoms with E-state index in [1.54, 1.807) is 30.3 Å². The van der Waals surface area contributed by atoms with Gasteiger partial charge in [0.25, 0.3) is 0 Å². The topological polar surface area (TPSA) is 178 Å². The fourth-order valence-corrected chi connectivity index (χ4v) is 9.92. The van der Waals surface area contributed by atoms with Crippen LogP contribution in [0.2, 0.25) is 0 Å². The van der Waals surface area contributed by atoms with E-state index >= 15 is 0 Å². The van der Waals surface area contributed by atoms with Gasteiger partial charge >= 0.3 is 6.03 Å². The van der Waals surface area contributed by atoms with Gasteiger partial charge in [-0.25, -0.2) is 13.2 Å². The van der Waals surface area contributed by atoms with Crippen LogP contribution in [-0.2, 0) is 25.9 Å². The van der Waals surface area contributed by atoms with Crippen LogP contribution in [0.4, 0.5) is 16.2 Å². The van der Waals surface area contributed by atoms with Crippen molar-refractivity contribution in [2.24, 2.45) is 11.3 Å². The molecule has 7 atom stereocenters. The van der Waals surface area contributed by atoms with Crippen molar-refractivity contribution in [2.45, 2.75) is 80.4 Å². The van der Waals surface area contributed by atoms with Gasteiger partial charge < -0.3 is 45.4 Å². The molecule has 2 fully saturated rings. The number of sulfone groups is 1. The molecule has 0 bridgehead atoms. The summed E-state index contributed by atoms with van der Waals surface area (Å²) in [4.78, 5) is 15.4. The largest absolute Gasteiger partial charge is 0.394 e. The number of nitrogens with zero attached hydrogens (tertiary/aromatic N) is 1. The number of rotatable bonds is 9. The number of carbonyl (C=O) groups is 1. The highest BCUT2D eigenvalue weighted by Gasteiger charge is 2.56. The number of hydrogen-bond donors (Lipinski definition) is 6. The average Bonchev–Trinajstić information content (AvgIpc) is 3.15. The van der Waals surface area contributed by atoms with Crippen molar-refractivity contribution in [3.63, 3.8) is 0 Å². The predicted octanol–water partition coefficient (Wildman–Crippen LogP) is 2.99. The third-order valence-corrected chi connectivity index (χ3v) is 12.5. The second-order valence-corrected chi connectivity index (χ2v) is 16.0. The number of aliphatic hydroxyl groups is 4. The van der Waals surface area contributed by atoms with Crippen LogP contribution >= 0.6 is 0 Å². The van der Waals surface area contributed by atoms with Gasteiger partial charge in [0.1, 0.15) is 24.4 Å². The van der Waals surface area contributed by atoms with E-state index in [-0.39, 0.29) is 17.3 Å². The zero-order valence-electron chi connectivity index (χ0n) is 28.5. The summed E-state index contributed by atoms with van der Waals surface area (Å²) in [5, 5.41) is 49.2. The Morgan fingerprint density at radius 1 is 1.00 bits per heavy atom.